The van der Waals surface area contributed by atoms with Gasteiger partial charge in [0.15, 0.2) is 11.5 Å². The first-order chi connectivity index (χ1) is 23.8. The molecule has 3 heterocycles. The summed E-state index contributed by atoms with van der Waals surface area (Å²) in [7, 11) is 7.49. The van der Waals surface area contributed by atoms with Gasteiger partial charge in [-0.05, 0) is 111 Å². The van der Waals surface area contributed by atoms with Crippen LogP contribution >= 0.6 is 0 Å². The average molecular weight is 664 g/mol. The van der Waals surface area contributed by atoms with Crippen LogP contribution in [0.1, 0.15) is 47.9 Å². The number of nitrogens with one attached hydrogen (secondary N) is 2. The predicted molar refractivity (Wildman–Crippen MR) is 194 cm³/mol. The number of methoxy groups -OCH3 is 2. The fraction of sp³-hybridized carbons (Fsp3) is 0.450. The second-order valence-corrected chi connectivity index (χ2v) is 14.5. The molecule has 1 spiro atoms. The number of anilines is 1. The van der Waals surface area contributed by atoms with Crippen LogP contribution in [-0.4, -0.2) is 86.3 Å². The first-order valence-electron chi connectivity index (χ1n) is 17.7. The highest BCUT2D eigenvalue weighted by Gasteiger charge is 2.45. The van der Waals surface area contributed by atoms with Gasteiger partial charge in [-0.3, -0.25) is 4.79 Å². The number of urea groups is 1. The van der Waals surface area contributed by atoms with Gasteiger partial charge >= 0.3 is 6.03 Å². The zero-order valence-electron chi connectivity index (χ0n) is 29.3. The summed E-state index contributed by atoms with van der Waals surface area (Å²) in [5.74, 6) is 1.68. The molecule has 9 heteroatoms. The molecule has 3 aromatic carbocycles. The van der Waals surface area contributed by atoms with Crippen LogP contribution in [0.25, 0.3) is 10.9 Å². The van der Waals surface area contributed by atoms with Crippen LogP contribution in [0, 0.1) is 5.92 Å². The number of H-pyrrole nitrogens is 1. The number of ether oxygens (including phenoxy) is 2. The number of para-hydroxylation sites is 2. The molecule has 2 N–H and O–H groups in total. The molecule has 9 nitrogen and oxygen atoms in total. The number of amides is 3. The zero-order chi connectivity index (χ0) is 34.1. The number of hydrogen-bond donors (Lipinski definition) is 2. The molecule has 1 saturated heterocycles. The third kappa shape index (κ3) is 6.48. The van der Waals surface area contributed by atoms with Crippen LogP contribution in [0.3, 0.4) is 0 Å². The average Bonchev–Trinajstić information content (AvgIpc) is 3.52. The van der Waals surface area contributed by atoms with Crippen LogP contribution in [0.2, 0.25) is 0 Å². The van der Waals surface area contributed by atoms with E-state index in [9.17, 15) is 9.59 Å². The topological polar surface area (TPSA) is 90.1 Å². The maximum Gasteiger partial charge on any atom is 0.318 e. The number of hydrogen-bond acceptors (Lipinski definition) is 5. The highest BCUT2D eigenvalue weighted by Crippen LogP contribution is 2.43. The van der Waals surface area contributed by atoms with Crippen LogP contribution < -0.4 is 19.7 Å². The molecule has 7 rings (SSSR count). The lowest BCUT2D eigenvalue weighted by Gasteiger charge is -2.50. The monoisotopic (exact) mass is 663 g/mol. The predicted octanol–water partition coefficient (Wildman–Crippen LogP) is 5.99. The van der Waals surface area contributed by atoms with Crippen molar-refractivity contribution >= 4 is 28.5 Å². The van der Waals surface area contributed by atoms with Gasteiger partial charge < -0.3 is 34.5 Å². The Balaban J connectivity index is 1.21. The first kappa shape index (κ1) is 33.0. The van der Waals surface area contributed by atoms with E-state index in [0.29, 0.717) is 31.2 Å². The number of carbonyl (C=O) groups excluding carboxylic acids is 2. The summed E-state index contributed by atoms with van der Waals surface area (Å²) in [4.78, 5) is 39.1. The standard InChI is InChI=1S/C40H49N5O4/c1-43(2)25-27-19-29-11-5-8-14-35(29)44(26-27)38(46)34(20-31-24-41-33-13-7-6-12-32(31)33)42-39(47)45-18-10-9-16-40(45)17-15-28-21-36(48-3)37(49-4)22-30(28)23-40/h5-8,11-14,21-22,24,27,34,41H,9-10,15-20,23,25-26H2,1-4H3,(H,42,47)/t27-,34+,40+/m0/s1. The van der Waals surface area contributed by atoms with Crippen molar-refractivity contribution in [3.63, 3.8) is 0 Å². The van der Waals surface area contributed by atoms with Gasteiger partial charge in [-0.25, -0.2) is 4.79 Å². The van der Waals surface area contributed by atoms with Crippen molar-refractivity contribution in [3.05, 3.63) is 89.1 Å². The van der Waals surface area contributed by atoms with Gasteiger partial charge in [-0.1, -0.05) is 36.4 Å². The maximum atomic E-state index is 14.9. The van der Waals surface area contributed by atoms with E-state index in [1.165, 1.54) is 16.7 Å². The molecule has 3 amide bonds. The van der Waals surface area contributed by atoms with E-state index in [1.54, 1.807) is 14.2 Å². The molecule has 0 unspecified atom stereocenters. The number of aryl methyl sites for hydroxylation is 1. The summed E-state index contributed by atoms with van der Waals surface area (Å²) in [5, 5.41) is 4.41. The Kier molecular flexibility index (Phi) is 9.29. The quantitative estimate of drug-likeness (QED) is 0.242. The third-order valence-electron chi connectivity index (χ3n) is 11.0. The van der Waals surface area contributed by atoms with Crippen molar-refractivity contribution in [1.29, 1.82) is 0 Å². The van der Waals surface area contributed by atoms with E-state index >= 15 is 0 Å². The van der Waals surface area contributed by atoms with E-state index in [4.69, 9.17) is 9.47 Å². The summed E-state index contributed by atoms with van der Waals surface area (Å²) < 4.78 is 11.2. The lowest BCUT2D eigenvalue weighted by molar-refractivity contribution is -0.120. The molecule has 0 bridgehead atoms. The molecule has 0 saturated carbocycles. The van der Waals surface area contributed by atoms with E-state index in [2.05, 4.69) is 64.5 Å². The molecule has 3 atom stereocenters. The number of fused-ring (bicyclic) bond motifs is 3. The number of nitrogens with zero attached hydrogens (tertiary/aromatic N) is 3. The summed E-state index contributed by atoms with van der Waals surface area (Å²) >= 11 is 0. The van der Waals surface area contributed by atoms with E-state index < -0.39 is 6.04 Å². The van der Waals surface area contributed by atoms with Crippen LogP contribution in [0.4, 0.5) is 10.5 Å². The van der Waals surface area contributed by atoms with Gasteiger partial charge in [-0.15, -0.1) is 0 Å². The fourth-order valence-electron chi connectivity index (χ4n) is 8.69. The molecular weight excluding hydrogens is 614 g/mol. The molecule has 1 aliphatic carbocycles. The molecule has 4 aromatic rings. The minimum absolute atomic E-state index is 0.0635. The SMILES string of the molecule is COc1cc2c(cc1OC)C[C@@]1(CCCCN1C(=O)N[C@H](Cc1c[nH]c3ccccc13)C(=O)N1C[C@H](CN(C)C)Cc3ccccc31)CC2. The minimum atomic E-state index is -0.739. The van der Waals surface area contributed by atoms with Gasteiger partial charge in [0, 0.05) is 54.4 Å². The molecule has 0 radical (unpaired) electrons. The van der Waals surface area contributed by atoms with E-state index in [0.717, 1.165) is 79.4 Å². The van der Waals surface area contributed by atoms with Crippen LogP contribution in [0.15, 0.2) is 66.9 Å². The van der Waals surface area contributed by atoms with Gasteiger partial charge in [-0.2, -0.15) is 0 Å². The van der Waals surface area contributed by atoms with Crippen LogP contribution in [-0.2, 0) is 30.5 Å². The summed E-state index contributed by atoms with van der Waals surface area (Å²) in [6.07, 6.45) is 8.73. The van der Waals surface area contributed by atoms with Gasteiger partial charge in [0.2, 0.25) is 5.91 Å². The number of likely N-dealkylation sites (tertiary alicyclic amines) is 1. The third-order valence-corrected chi connectivity index (χ3v) is 11.0. The van der Waals surface area contributed by atoms with Gasteiger partial charge in [0.1, 0.15) is 6.04 Å². The molecule has 258 valence electrons. The number of benzene rings is 3. The number of aromatic nitrogens is 1. The summed E-state index contributed by atoms with van der Waals surface area (Å²) in [6.45, 7) is 2.16. The Bertz CT molecular complexity index is 1830. The van der Waals surface area contributed by atoms with Crippen molar-refractivity contribution in [2.75, 3.05) is 52.8 Å². The van der Waals surface area contributed by atoms with E-state index in [-0.39, 0.29) is 17.5 Å². The van der Waals surface area contributed by atoms with Gasteiger partial charge in [0.25, 0.3) is 0 Å². The second kappa shape index (κ2) is 13.8. The van der Waals surface area contributed by atoms with Crippen molar-refractivity contribution in [1.82, 2.24) is 20.1 Å². The molecular formula is C40H49N5O4. The molecule has 3 aliphatic rings. The minimum Gasteiger partial charge on any atom is -0.493 e. The van der Waals surface area contributed by atoms with Crippen molar-refractivity contribution in [2.24, 2.45) is 5.92 Å². The van der Waals surface area contributed by atoms with Crippen molar-refractivity contribution in [3.8, 4) is 11.5 Å². The fourth-order valence-corrected chi connectivity index (χ4v) is 8.69. The lowest BCUT2D eigenvalue weighted by Crippen LogP contribution is -2.62. The highest BCUT2D eigenvalue weighted by atomic mass is 16.5. The van der Waals surface area contributed by atoms with E-state index in [1.807, 2.05) is 41.4 Å². The van der Waals surface area contributed by atoms with Crippen molar-refractivity contribution < 1.29 is 19.1 Å². The highest BCUT2D eigenvalue weighted by molar-refractivity contribution is 6.00. The normalized spacial score (nSPS) is 21.0. The van der Waals surface area contributed by atoms with Gasteiger partial charge in [0.05, 0.1) is 14.2 Å². The maximum absolute atomic E-state index is 14.9. The number of piperidine rings is 1. The molecule has 2 aliphatic heterocycles. The summed E-state index contributed by atoms with van der Waals surface area (Å²) in [5.41, 5.74) is 6.29. The Morgan fingerprint density at radius 1 is 0.980 bits per heavy atom. The number of carbonyl (C=O) groups is 2. The Hall–Kier alpha value is -4.50. The Labute approximate surface area is 289 Å². The largest absolute Gasteiger partial charge is 0.493 e. The Morgan fingerprint density at radius 2 is 1.73 bits per heavy atom. The number of aromatic amines is 1. The molecule has 1 aromatic heterocycles. The Morgan fingerprint density at radius 3 is 2.53 bits per heavy atom. The van der Waals surface area contributed by atoms with Crippen LogP contribution in [0.5, 0.6) is 11.5 Å². The van der Waals surface area contributed by atoms with Crippen molar-refractivity contribution in [2.45, 2.75) is 62.9 Å². The smallest absolute Gasteiger partial charge is 0.318 e. The summed E-state index contributed by atoms with van der Waals surface area (Å²) in [6, 6.07) is 19.7. The molecule has 49 heavy (non-hydrogen) atoms. The number of rotatable bonds is 8. The lowest BCUT2D eigenvalue weighted by atomic mass is 9.72. The molecule has 1 fully saturated rings. The zero-order valence-corrected chi connectivity index (χ0v) is 29.3. The first-order valence-corrected chi connectivity index (χ1v) is 17.7. The second-order valence-electron chi connectivity index (χ2n) is 14.5.